The second-order valence-electron chi connectivity index (χ2n) is 4.07. The molecule has 0 spiro atoms. The number of aliphatic hydroxyl groups excluding tert-OH is 1. The molecule has 0 aliphatic carbocycles. The van der Waals surface area contributed by atoms with E-state index in [9.17, 15) is 5.11 Å². The van der Waals surface area contributed by atoms with E-state index in [4.69, 9.17) is 0 Å². The minimum atomic E-state index is -0.401. The Bertz CT molecular complexity index is 482. The van der Waals surface area contributed by atoms with Crippen molar-refractivity contribution in [3.63, 3.8) is 0 Å². The predicted octanol–water partition coefficient (Wildman–Crippen LogP) is 3.02. The van der Waals surface area contributed by atoms with Gasteiger partial charge in [0.1, 0.15) is 0 Å². The number of aromatic nitrogens is 1. The van der Waals surface area contributed by atoms with Gasteiger partial charge in [-0.3, -0.25) is 0 Å². The molecule has 15 heavy (non-hydrogen) atoms. The summed E-state index contributed by atoms with van der Waals surface area (Å²) in [6, 6.07) is 6.38. The van der Waals surface area contributed by atoms with Crippen LogP contribution >= 0.6 is 0 Å². The summed E-state index contributed by atoms with van der Waals surface area (Å²) in [6.45, 7) is 6.95. The maximum absolute atomic E-state index is 9.71. The van der Waals surface area contributed by atoms with E-state index in [-0.39, 0.29) is 0 Å². The van der Waals surface area contributed by atoms with Gasteiger partial charge in [0.15, 0.2) is 0 Å². The summed E-state index contributed by atoms with van der Waals surface area (Å²) >= 11 is 0. The number of hydrogen-bond acceptors (Lipinski definition) is 1. The standard InChI is InChI=1S/C13H17NO/c1-4-14-8-12(10(3)15)11-7-9(2)5-6-13(11)14/h5-8,10,15H,4H2,1-3H3. The van der Waals surface area contributed by atoms with Gasteiger partial charge < -0.3 is 9.67 Å². The van der Waals surface area contributed by atoms with Gasteiger partial charge in [-0.05, 0) is 32.9 Å². The molecule has 1 aromatic carbocycles. The van der Waals surface area contributed by atoms with E-state index >= 15 is 0 Å². The fourth-order valence-electron chi connectivity index (χ4n) is 2.03. The third-order valence-electron chi connectivity index (χ3n) is 2.86. The first-order chi connectivity index (χ1) is 7.13. The molecule has 0 aliphatic heterocycles. The lowest BCUT2D eigenvalue weighted by molar-refractivity contribution is 0.200. The topological polar surface area (TPSA) is 25.2 Å². The molecule has 80 valence electrons. The molecule has 1 N–H and O–H groups in total. The van der Waals surface area contributed by atoms with Crippen LogP contribution in [0.15, 0.2) is 24.4 Å². The van der Waals surface area contributed by atoms with E-state index < -0.39 is 6.10 Å². The first kappa shape index (κ1) is 10.2. The Balaban J connectivity index is 2.76. The molecule has 0 saturated carbocycles. The summed E-state index contributed by atoms with van der Waals surface area (Å²) < 4.78 is 2.18. The van der Waals surface area contributed by atoms with Gasteiger partial charge in [0.25, 0.3) is 0 Å². The molecule has 1 unspecified atom stereocenters. The molecule has 1 atom stereocenters. The molecule has 2 heteroatoms. The zero-order chi connectivity index (χ0) is 11.0. The first-order valence-corrected chi connectivity index (χ1v) is 5.41. The van der Waals surface area contributed by atoms with Crippen LogP contribution in [-0.4, -0.2) is 9.67 Å². The summed E-state index contributed by atoms with van der Waals surface area (Å²) in [5.41, 5.74) is 3.47. The number of aliphatic hydroxyl groups is 1. The normalized spacial score (nSPS) is 13.3. The minimum Gasteiger partial charge on any atom is -0.389 e. The van der Waals surface area contributed by atoms with Crippen molar-refractivity contribution in [1.82, 2.24) is 4.57 Å². The molecule has 0 bridgehead atoms. The minimum absolute atomic E-state index is 0.401. The average molecular weight is 203 g/mol. The van der Waals surface area contributed by atoms with Crippen LogP contribution in [0.3, 0.4) is 0 Å². The van der Waals surface area contributed by atoms with Crippen LogP contribution in [0, 0.1) is 6.92 Å². The van der Waals surface area contributed by atoms with E-state index in [0.717, 1.165) is 12.1 Å². The fraction of sp³-hybridized carbons (Fsp3) is 0.385. The Hall–Kier alpha value is -1.28. The highest BCUT2D eigenvalue weighted by Gasteiger charge is 2.11. The van der Waals surface area contributed by atoms with Gasteiger partial charge in [-0.2, -0.15) is 0 Å². The maximum Gasteiger partial charge on any atom is 0.0782 e. The highest BCUT2D eigenvalue weighted by Crippen LogP contribution is 2.27. The number of hydrogen-bond donors (Lipinski definition) is 1. The molecule has 0 amide bonds. The van der Waals surface area contributed by atoms with Crippen molar-refractivity contribution in [2.75, 3.05) is 0 Å². The Morgan fingerprint density at radius 1 is 1.40 bits per heavy atom. The van der Waals surface area contributed by atoms with Crippen molar-refractivity contribution in [3.05, 3.63) is 35.5 Å². The van der Waals surface area contributed by atoms with Gasteiger partial charge in [-0.15, -0.1) is 0 Å². The first-order valence-electron chi connectivity index (χ1n) is 5.41. The van der Waals surface area contributed by atoms with Gasteiger partial charge in [-0.1, -0.05) is 11.6 Å². The van der Waals surface area contributed by atoms with Crippen LogP contribution in [0.2, 0.25) is 0 Å². The van der Waals surface area contributed by atoms with E-state index in [1.165, 1.54) is 16.5 Å². The van der Waals surface area contributed by atoms with E-state index in [1.54, 1.807) is 0 Å². The second-order valence-corrected chi connectivity index (χ2v) is 4.07. The highest BCUT2D eigenvalue weighted by molar-refractivity contribution is 5.85. The molecule has 2 aromatic rings. The number of rotatable bonds is 2. The quantitative estimate of drug-likeness (QED) is 0.797. The molecular weight excluding hydrogens is 186 g/mol. The van der Waals surface area contributed by atoms with Crippen LogP contribution in [0.5, 0.6) is 0 Å². The summed E-state index contributed by atoms with van der Waals surface area (Å²) in [6.07, 6.45) is 1.65. The van der Waals surface area contributed by atoms with Crippen LogP contribution in [0.1, 0.15) is 31.1 Å². The van der Waals surface area contributed by atoms with Gasteiger partial charge >= 0.3 is 0 Å². The monoisotopic (exact) mass is 203 g/mol. The van der Waals surface area contributed by atoms with Crippen molar-refractivity contribution in [2.45, 2.75) is 33.4 Å². The lowest BCUT2D eigenvalue weighted by atomic mass is 10.1. The van der Waals surface area contributed by atoms with Crippen molar-refractivity contribution in [2.24, 2.45) is 0 Å². The predicted molar refractivity (Wildman–Crippen MR) is 63.0 cm³/mol. The smallest absolute Gasteiger partial charge is 0.0782 e. The van der Waals surface area contributed by atoms with E-state index in [1.807, 2.05) is 6.92 Å². The fourth-order valence-corrected chi connectivity index (χ4v) is 2.03. The zero-order valence-electron chi connectivity index (χ0n) is 9.49. The second kappa shape index (κ2) is 3.70. The van der Waals surface area contributed by atoms with Crippen molar-refractivity contribution >= 4 is 10.9 Å². The molecule has 0 saturated heterocycles. The molecule has 1 heterocycles. The highest BCUT2D eigenvalue weighted by atomic mass is 16.3. The summed E-state index contributed by atoms with van der Waals surface area (Å²) in [5, 5.41) is 10.9. The Morgan fingerprint density at radius 3 is 2.73 bits per heavy atom. The summed E-state index contributed by atoms with van der Waals surface area (Å²) in [5.74, 6) is 0. The van der Waals surface area contributed by atoms with E-state index in [0.29, 0.717) is 0 Å². The molecule has 0 aliphatic rings. The summed E-state index contributed by atoms with van der Waals surface area (Å²) in [7, 11) is 0. The lowest BCUT2D eigenvalue weighted by Gasteiger charge is -2.01. The van der Waals surface area contributed by atoms with Crippen molar-refractivity contribution < 1.29 is 5.11 Å². The van der Waals surface area contributed by atoms with Gasteiger partial charge in [-0.25, -0.2) is 0 Å². The van der Waals surface area contributed by atoms with Crippen molar-refractivity contribution in [3.8, 4) is 0 Å². The van der Waals surface area contributed by atoms with Gasteiger partial charge in [0.05, 0.1) is 6.10 Å². The molecule has 0 radical (unpaired) electrons. The van der Waals surface area contributed by atoms with E-state index in [2.05, 4.69) is 42.8 Å². The number of aryl methyl sites for hydroxylation is 2. The number of fused-ring (bicyclic) bond motifs is 1. The van der Waals surface area contributed by atoms with Crippen LogP contribution in [0.25, 0.3) is 10.9 Å². The zero-order valence-corrected chi connectivity index (χ0v) is 9.49. The lowest BCUT2D eigenvalue weighted by Crippen LogP contribution is -1.91. The number of benzene rings is 1. The largest absolute Gasteiger partial charge is 0.389 e. The van der Waals surface area contributed by atoms with Gasteiger partial charge in [0.2, 0.25) is 0 Å². The van der Waals surface area contributed by atoms with Crippen LogP contribution < -0.4 is 0 Å². The molecule has 2 rings (SSSR count). The van der Waals surface area contributed by atoms with Crippen LogP contribution in [0.4, 0.5) is 0 Å². The maximum atomic E-state index is 9.71. The number of nitrogens with zero attached hydrogens (tertiary/aromatic N) is 1. The molecule has 1 aromatic heterocycles. The SMILES string of the molecule is CCn1cc(C(C)O)c2cc(C)ccc21. The molecular formula is C13H17NO. The molecule has 0 fully saturated rings. The molecule has 2 nitrogen and oxygen atoms in total. The average Bonchev–Trinajstić information content (AvgIpc) is 2.55. The van der Waals surface area contributed by atoms with Gasteiger partial charge in [0, 0.05) is 29.2 Å². The summed E-state index contributed by atoms with van der Waals surface area (Å²) in [4.78, 5) is 0. The third-order valence-corrected chi connectivity index (χ3v) is 2.86. The Labute approximate surface area is 90.2 Å². The Kier molecular flexibility index (Phi) is 2.53. The van der Waals surface area contributed by atoms with Crippen LogP contribution in [-0.2, 0) is 6.54 Å². The van der Waals surface area contributed by atoms with Crippen molar-refractivity contribution in [1.29, 1.82) is 0 Å². The Morgan fingerprint density at radius 2 is 2.13 bits per heavy atom. The third kappa shape index (κ3) is 1.65.